The molecular weight excluding hydrogens is 354 g/mol. The molecule has 0 amide bonds. The van der Waals surface area contributed by atoms with Gasteiger partial charge in [-0.2, -0.15) is 0 Å². The van der Waals surface area contributed by atoms with Gasteiger partial charge >= 0.3 is 0 Å². The zero-order valence-corrected chi connectivity index (χ0v) is 17.0. The Morgan fingerprint density at radius 3 is 2.59 bits per heavy atom. The number of hydrogen-bond donors (Lipinski definition) is 0. The molecule has 0 radical (unpaired) electrons. The molecule has 0 unspecified atom stereocenters. The number of rotatable bonds is 6. The number of benzene rings is 1. The fourth-order valence-corrected chi connectivity index (χ4v) is 4.99. The molecule has 0 saturated carbocycles. The fourth-order valence-electron chi connectivity index (χ4n) is 3.95. The molecule has 4 nitrogen and oxygen atoms in total. The van der Waals surface area contributed by atoms with Crippen LogP contribution in [-0.4, -0.2) is 27.5 Å². The monoisotopic (exact) mass is 381 g/mol. The highest BCUT2D eigenvalue weighted by atomic mass is 32.1. The summed E-state index contributed by atoms with van der Waals surface area (Å²) in [6.45, 7) is 7.87. The van der Waals surface area contributed by atoms with Gasteiger partial charge in [0, 0.05) is 11.4 Å². The van der Waals surface area contributed by atoms with Crippen molar-refractivity contribution in [2.75, 3.05) is 13.1 Å². The van der Waals surface area contributed by atoms with Gasteiger partial charge in [0.2, 0.25) is 0 Å². The molecule has 142 valence electrons. The highest BCUT2D eigenvalue weighted by molar-refractivity contribution is 7.18. The SMILES string of the molecule is Cc1sc2nc(CN3CCCC3)n(CCCc3ccccc3)c(=O)c2c1C. The zero-order valence-electron chi connectivity index (χ0n) is 16.2. The molecule has 1 saturated heterocycles. The van der Waals surface area contributed by atoms with Gasteiger partial charge < -0.3 is 0 Å². The lowest BCUT2D eigenvalue weighted by Gasteiger charge is -2.18. The number of fused-ring (bicyclic) bond motifs is 1. The predicted octanol–water partition coefficient (Wildman–Crippen LogP) is 4.30. The van der Waals surface area contributed by atoms with Crippen LogP contribution >= 0.6 is 11.3 Å². The minimum absolute atomic E-state index is 0.143. The first-order valence-corrected chi connectivity index (χ1v) is 10.7. The first-order chi connectivity index (χ1) is 13.1. The van der Waals surface area contributed by atoms with Crippen molar-refractivity contribution in [3.63, 3.8) is 0 Å². The van der Waals surface area contributed by atoms with Crippen LogP contribution in [0.25, 0.3) is 10.2 Å². The molecule has 0 atom stereocenters. The van der Waals surface area contributed by atoms with E-state index < -0.39 is 0 Å². The minimum Gasteiger partial charge on any atom is -0.296 e. The van der Waals surface area contributed by atoms with Crippen molar-refractivity contribution in [1.29, 1.82) is 0 Å². The van der Waals surface area contributed by atoms with Gasteiger partial charge in [-0.1, -0.05) is 30.3 Å². The van der Waals surface area contributed by atoms with E-state index in [1.165, 1.54) is 23.3 Å². The Hall–Kier alpha value is -1.98. The second-order valence-corrected chi connectivity index (χ2v) is 8.72. The van der Waals surface area contributed by atoms with Crippen LogP contribution in [0.2, 0.25) is 0 Å². The summed E-state index contributed by atoms with van der Waals surface area (Å²) in [7, 11) is 0. The van der Waals surface area contributed by atoms with Crippen LogP contribution in [0.3, 0.4) is 0 Å². The Kier molecular flexibility index (Phi) is 5.41. The Labute approximate surface area is 164 Å². The Bertz CT molecular complexity index is 984. The normalized spacial score (nSPS) is 15.0. The van der Waals surface area contributed by atoms with Gasteiger partial charge in [-0.3, -0.25) is 14.3 Å². The number of likely N-dealkylation sites (tertiary alicyclic amines) is 1. The van der Waals surface area contributed by atoms with Gasteiger partial charge in [0.25, 0.3) is 5.56 Å². The Morgan fingerprint density at radius 2 is 1.85 bits per heavy atom. The molecule has 4 rings (SSSR count). The lowest BCUT2D eigenvalue weighted by Crippen LogP contribution is -2.30. The van der Waals surface area contributed by atoms with Crippen LogP contribution in [0.5, 0.6) is 0 Å². The van der Waals surface area contributed by atoms with Crippen molar-refractivity contribution in [3.8, 4) is 0 Å². The molecule has 27 heavy (non-hydrogen) atoms. The third-order valence-corrected chi connectivity index (χ3v) is 6.72. The molecular formula is C22H27N3OS. The maximum Gasteiger partial charge on any atom is 0.262 e. The summed E-state index contributed by atoms with van der Waals surface area (Å²) >= 11 is 1.65. The van der Waals surface area contributed by atoms with E-state index >= 15 is 0 Å². The van der Waals surface area contributed by atoms with Crippen molar-refractivity contribution in [1.82, 2.24) is 14.5 Å². The predicted molar refractivity (Wildman–Crippen MR) is 113 cm³/mol. The van der Waals surface area contributed by atoms with Crippen molar-refractivity contribution < 1.29 is 0 Å². The van der Waals surface area contributed by atoms with Crippen molar-refractivity contribution >= 4 is 21.6 Å². The Balaban J connectivity index is 1.65. The summed E-state index contributed by atoms with van der Waals surface area (Å²) in [6, 6.07) is 10.5. The lowest BCUT2D eigenvalue weighted by atomic mass is 10.1. The number of aryl methyl sites for hydroxylation is 3. The molecule has 1 aromatic carbocycles. The molecule has 0 aliphatic carbocycles. The average molecular weight is 382 g/mol. The van der Waals surface area contributed by atoms with Gasteiger partial charge in [-0.15, -0.1) is 11.3 Å². The van der Waals surface area contributed by atoms with Gasteiger partial charge in [-0.05, 0) is 63.7 Å². The molecule has 1 aliphatic rings. The molecule has 2 aromatic heterocycles. The summed E-state index contributed by atoms with van der Waals surface area (Å²) in [4.78, 5) is 22.8. The van der Waals surface area contributed by atoms with Crippen molar-refractivity contribution in [2.24, 2.45) is 0 Å². The van der Waals surface area contributed by atoms with Gasteiger partial charge in [-0.25, -0.2) is 4.98 Å². The summed E-state index contributed by atoms with van der Waals surface area (Å²) in [5, 5.41) is 0.822. The number of thiophene rings is 1. The highest BCUT2D eigenvalue weighted by Crippen LogP contribution is 2.27. The number of aromatic nitrogens is 2. The third kappa shape index (κ3) is 3.85. The molecule has 5 heteroatoms. The molecule has 0 N–H and O–H groups in total. The maximum atomic E-state index is 13.3. The number of nitrogens with zero attached hydrogens (tertiary/aromatic N) is 3. The van der Waals surface area contributed by atoms with E-state index in [4.69, 9.17) is 4.98 Å². The van der Waals surface area contributed by atoms with Crippen molar-refractivity contribution in [2.45, 2.75) is 52.6 Å². The van der Waals surface area contributed by atoms with Gasteiger partial charge in [0.15, 0.2) is 0 Å². The summed E-state index contributed by atoms with van der Waals surface area (Å²) in [5.41, 5.74) is 2.56. The van der Waals surface area contributed by atoms with Gasteiger partial charge in [0.05, 0.1) is 11.9 Å². The summed E-state index contributed by atoms with van der Waals surface area (Å²) in [6.07, 6.45) is 4.43. The minimum atomic E-state index is 0.143. The molecule has 1 fully saturated rings. The largest absolute Gasteiger partial charge is 0.296 e. The van der Waals surface area contributed by atoms with E-state index in [9.17, 15) is 4.79 Å². The van der Waals surface area contributed by atoms with Gasteiger partial charge in [0.1, 0.15) is 10.7 Å². The van der Waals surface area contributed by atoms with E-state index in [-0.39, 0.29) is 5.56 Å². The van der Waals surface area contributed by atoms with E-state index in [0.29, 0.717) is 0 Å². The average Bonchev–Trinajstić information content (AvgIpc) is 3.27. The Morgan fingerprint density at radius 1 is 1.11 bits per heavy atom. The molecule has 3 heterocycles. The first-order valence-electron chi connectivity index (χ1n) is 9.89. The van der Waals surface area contributed by atoms with E-state index in [1.807, 2.05) is 17.6 Å². The molecule has 3 aromatic rings. The lowest BCUT2D eigenvalue weighted by molar-refractivity contribution is 0.313. The van der Waals surface area contributed by atoms with E-state index in [1.54, 1.807) is 11.3 Å². The van der Waals surface area contributed by atoms with E-state index in [0.717, 1.165) is 60.6 Å². The van der Waals surface area contributed by atoms with E-state index in [2.05, 4.69) is 36.1 Å². The molecule has 0 bridgehead atoms. The van der Waals surface area contributed by atoms with Crippen LogP contribution in [0, 0.1) is 13.8 Å². The first kappa shape index (κ1) is 18.4. The zero-order chi connectivity index (χ0) is 18.8. The van der Waals surface area contributed by atoms with Crippen LogP contribution in [0.4, 0.5) is 0 Å². The molecule has 0 spiro atoms. The summed E-state index contributed by atoms with van der Waals surface area (Å²) in [5.74, 6) is 0.934. The van der Waals surface area contributed by atoms with Crippen LogP contribution in [0.1, 0.15) is 41.1 Å². The van der Waals surface area contributed by atoms with Crippen LogP contribution in [0.15, 0.2) is 35.1 Å². The second kappa shape index (κ2) is 7.95. The standard InChI is InChI=1S/C22H27N3OS/c1-16-17(2)27-21-20(16)22(26)25(14-8-11-18-9-4-3-5-10-18)19(23-21)15-24-12-6-7-13-24/h3-5,9-10H,6-8,11-15H2,1-2H3. The second-order valence-electron chi connectivity index (χ2n) is 7.52. The highest BCUT2D eigenvalue weighted by Gasteiger charge is 2.19. The fraction of sp³-hybridized carbons (Fsp3) is 0.455. The summed E-state index contributed by atoms with van der Waals surface area (Å²) < 4.78 is 1.95. The molecule has 1 aliphatic heterocycles. The van der Waals surface area contributed by atoms with Crippen molar-refractivity contribution in [3.05, 3.63) is 62.5 Å². The quantitative estimate of drug-likeness (QED) is 0.639. The topological polar surface area (TPSA) is 38.1 Å². The van der Waals surface area contributed by atoms with Crippen LogP contribution in [-0.2, 0) is 19.5 Å². The van der Waals surface area contributed by atoms with Crippen LogP contribution < -0.4 is 5.56 Å². The third-order valence-electron chi connectivity index (χ3n) is 5.62. The maximum absolute atomic E-state index is 13.3. The smallest absolute Gasteiger partial charge is 0.262 e. The number of hydrogen-bond acceptors (Lipinski definition) is 4.